The number of carbonyl (C=O) groups is 1. The lowest BCUT2D eigenvalue weighted by Crippen LogP contribution is -2.40. The van der Waals surface area contributed by atoms with Crippen LogP contribution in [0.15, 0.2) is 0 Å². The van der Waals surface area contributed by atoms with E-state index in [0.717, 1.165) is 38.5 Å². The molecule has 0 unspecified atom stereocenters. The standard InChI is InChI=1S/C17H28O5/c1-2-3-7-13(18)16-12(10-15(19)21-16)14-11-20-17(22-14)8-5-4-6-9-17/h12-14,16,18H,2-11H2,1H3/t12-,13+,14-,16-/m1/s1. The molecule has 1 saturated carbocycles. The zero-order valence-corrected chi connectivity index (χ0v) is 13.5. The van der Waals surface area contributed by atoms with E-state index in [0.29, 0.717) is 19.4 Å². The fourth-order valence-corrected chi connectivity index (χ4v) is 4.02. The van der Waals surface area contributed by atoms with Crippen LogP contribution in [0.1, 0.15) is 64.7 Å². The van der Waals surface area contributed by atoms with Crippen molar-refractivity contribution < 1.29 is 24.1 Å². The van der Waals surface area contributed by atoms with Gasteiger partial charge in [0.05, 0.1) is 25.2 Å². The number of aliphatic hydroxyl groups is 1. The Labute approximate surface area is 132 Å². The summed E-state index contributed by atoms with van der Waals surface area (Å²) in [6.45, 7) is 2.60. The maximum absolute atomic E-state index is 11.7. The molecule has 5 nitrogen and oxygen atoms in total. The predicted octanol–water partition coefficient (Wildman–Crippen LogP) is 2.55. The second kappa shape index (κ2) is 6.85. The highest BCUT2D eigenvalue weighted by atomic mass is 16.7. The Balaban J connectivity index is 1.63. The topological polar surface area (TPSA) is 65.0 Å². The maximum atomic E-state index is 11.7. The van der Waals surface area contributed by atoms with Gasteiger partial charge in [-0.3, -0.25) is 4.79 Å². The number of rotatable bonds is 5. The minimum atomic E-state index is -0.595. The van der Waals surface area contributed by atoms with Gasteiger partial charge < -0.3 is 19.3 Å². The molecular weight excluding hydrogens is 284 g/mol. The Morgan fingerprint density at radius 1 is 1.32 bits per heavy atom. The SMILES string of the molecule is CCCC[C@H](O)[C@@H]1OC(=O)C[C@@H]1[C@H]1COC2(CCCCC2)O1. The van der Waals surface area contributed by atoms with Crippen LogP contribution in [0.25, 0.3) is 0 Å². The molecule has 0 amide bonds. The molecule has 126 valence electrons. The molecule has 1 N–H and O–H groups in total. The molecule has 22 heavy (non-hydrogen) atoms. The van der Waals surface area contributed by atoms with Gasteiger partial charge in [-0.1, -0.05) is 26.2 Å². The van der Waals surface area contributed by atoms with Gasteiger partial charge >= 0.3 is 5.97 Å². The van der Waals surface area contributed by atoms with Crippen LogP contribution in [0, 0.1) is 5.92 Å². The first-order valence-electron chi connectivity index (χ1n) is 8.83. The first-order chi connectivity index (χ1) is 10.6. The van der Waals surface area contributed by atoms with Crippen LogP contribution in [0.5, 0.6) is 0 Å². The Hall–Kier alpha value is -0.650. The fourth-order valence-electron chi connectivity index (χ4n) is 4.02. The van der Waals surface area contributed by atoms with Gasteiger partial charge in [0.2, 0.25) is 0 Å². The van der Waals surface area contributed by atoms with E-state index in [1.54, 1.807) is 0 Å². The van der Waals surface area contributed by atoms with Gasteiger partial charge in [0.15, 0.2) is 5.79 Å². The largest absolute Gasteiger partial charge is 0.459 e. The van der Waals surface area contributed by atoms with E-state index >= 15 is 0 Å². The highest BCUT2D eigenvalue weighted by Gasteiger charge is 2.51. The molecule has 2 saturated heterocycles. The van der Waals surface area contributed by atoms with Crippen molar-refractivity contribution in [2.75, 3.05) is 6.61 Å². The van der Waals surface area contributed by atoms with Crippen LogP contribution in [-0.2, 0) is 19.0 Å². The van der Waals surface area contributed by atoms with E-state index < -0.39 is 18.0 Å². The van der Waals surface area contributed by atoms with E-state index in [1.165, 1.54) is 6.42 Å². The number of esters is 1. The molecular formula is C17H28O5. The molecule has 1 aliphatic carbocycles. The smallest absolute Gasteiger partial charge is 0.306 e. The van der Waals surface area contributed by atoms with Crippen LogP contribution >= 0.6 is 0 Å². The van der Waals surface area contributed by atoms with Crippen molar-refractivity contribution in [3.63, 3.8) is 0 Å². The normalized spacial score (nSPS) is 35.7. The third-order valence-corrected chi connectivity index (χ3v) is 5.29. The van der Waals surface area contributed by atoms with E-state index in [9.17, 15) is 9.90 Å². The lowest BCUT2D eigenvalue weighted by molar-refractivity contribution is -0.194. The highest BCUT2D eigenvalue weighted by Crippen LogP contribution is 2.42. The second-order valence-electron chi connectivity index (χ2n) is 6.97. The monoisotopic (exact) mass is 312 g/mol. The molecule has 4 atom stereocenters. The summed E-state index contributed by atoms with van der Waals surface area (Å²) in [5, 5.41) is 10.4. The molecule has 3 rings (SSSR count). The number of ether oxygens (including phenoxy) is 3. The van der Waals surface area contributed by atoms with E-state index in [1.807, 2.05) is 0 Å². The molecule has 5 heteroatoms. The Bertz CT molecular complexity index is 391. The summed E-state index contributed by atoms with van der Waals surface area (Å²) in [6.07, 6.45) is 7.18. The van der Waals surface area contributed by atoms with Gasteiger partial charge in [0, 0.05) is 18.8 Å². The van der Waals surface area contributed by atoms with Crippen LogP contribution in [0.3, 0.4) is 0 Å². The molecule has 2 aliphatic heterocycles. The maximum Gasteiger partial charge on any atom is 0.306 e. The molecule has 0 radical (unpaired) electrons. The third-order valence-electron chi connectivity index (χ3n) is 5.29. The Morgan fingerprint density at radius 2 is 2.09 bits per heavy atom. The predicted molar refractivity (Wildman–Crippen MR) is 80.2 cm³/mol. The van der Waals surface area contributed by atoms with Crippen molar-refractivity contribution >= 4 is 5.97 Å². The van der Waals surface area contributed by atoms with Crippen molar-refractivity contribution in [2.24, 2.45) is 5.92 Å². The molecule has 0 bridgehead atoms. The second-order valence-corrected chi connectivity index (χ2v) is 6.97. The van der Waals surface area contributed by atoms with Crippen molar-refractivity contribution in [3.8, 4) is 0 Å². The summed E-state index contributed by atoms with van der Waals surface area (Å²) in [4.78, 5) is 11.7. The summed E-state index contributed by atoms with van der Waals surface area (Å²) in [7, 11) is 0. The van der Waals surface area contributed by atoms with Crippen LogP contribution in [-0.4, -0.2) is 41.8 Å². The van der Waals surface area contributed by atoms with Gasteiger partial charge in [-0.25, -0.2) is 0 Å². The molecule has 3 fully saturated rings. The quantitative estimate of drug-likeness (QED) is 0.790. The summed E-state index contributed by atoms with van der Waals surface area (Å²) in [5.41, 5.74) is 0. The van der Waals surface area contributed by atoms with E-state index in [2.05, 4.69) is 6.92 Å². The number of unbranched alkanes of at least 4 members (excludes halogenated alkanes) is 1. The van der Waals surface area contributed by atoms with E-state index in [-0.39, 0.29) is 18.0 Å². The van der Waals surface area contributed by atoms with Gasteiger partial charge in [-0.15, -0.1) is 0 Å². The summed E-state index contributed by atoms with van der Waals surface area (Å²) in [6, 6.07) is 0. The number of hydrogen-bond donors (Lipinski definition) is 1. The zero-order valence-electron chi connectivity index (χ0n) is 13.5. The molecule has 0 aromatic heterocycles. The minimum absolute atomic E-state index is 0.0827. The number of cyclic esters (lactones) is 1. The number of hydrogen-bond acceptors (Lipinski definition) is 5. The molecule has 3 aliphatic rings. The lowest BCUT2D eigenvalue weighted by Gasteiger charge is -2.33. The average molecular weight is 312 g/mol. The number of aliphatic hydroxyl groups excluding tert-OH is 1. The Morgan fingerprint density at radius 3 is 2.82 bits per heavy atom. The van der Waals surface area contributed by atoms with Crippen LogP contribution in [0.4, 0.5) is 0 Å². The van der Waals surface area contributed by atoms with Crippen LogP contribution in [0.2, 0.25) is 0 Å². The third kappa shape index (κ3) is 3.31. The summed E-state index contributed by atoms with van der Waals surface area (Å²) >= 11 is 0. The molecule has 0 aromatic rings. The van der Waals surface area contributed by atoms with Gasteiger partial charge in [-0.2, -0.15) is 0 Å². The van der Waals surface area contributed by atoms with Crippen molar-refractivity contribution in [3.05, 3.63) is 0 Å². The lowest BCUT2D eigenvalue weighted by atomic mass is 9.89. The zero-order chi connectivity index (χ0) is 15.6. The summed E-state index contributed by atoms with van der Waals surface area (Å²) < 4.78 is 17.6. The molecule has 2 heterocycles. The first-order valence-corrected chi connectivity index (χ1v) is 8.83. The van der Waals surface area contributed by atoms with Crippen molar-refractivity contribution in [1.82, 2.24) is 0 Å². The average Bonchev–Trinajstić information content (AvgIpc) is 3.10. The van der Waals surface area contributed by atoms with Gasteiger partial charge in [0.25, 0.3) is 0 Å². The highest BCUT2D eigenvalue weighted by molar-refractivity contribution is 5.72. The van der Waals surface area contributed by atoms with Crippen molar-refractivity contribution in [2.45, 2.75) is 88.8 Å². The molecule has 1 spiro atoms. The summed E-state index contributed by atoms with van der Waals surface area (Å²) in [5.74, 6) is -0.743. The van der Waals surface area contributed by atoms with E-state index in [4.69, 9.17) is 14.2 Å². The minimum Gasteiger partial charge on any atom is -0.459 e. The first kappa shape index (κ1) is 16.2. The number of carbonyl (C=O) groups excluding carboxylic acids is 1. The Kier molecular flexibility index (Phi) is 5.05. The van der Waals surface area contributed by atoms with Gasteiger partial charge in [0.1, 0.15) is 6.10 Å². The molecule has 0 aromatic carbocycles. The van der Waals surface area contributed by atoms with Crippen molar-refractivity contribution in [1.29, 1.82) is 0 Å². The van der Waals surface area contributed by atoms with Crippen LogP contribution < -0.4 is 0 Å². The van der Waals surface area contributed by atoms with Gasteiger partial charge in [-0.05, 0) is 19.3 Å². The fraction of sp³-hybridized carbons (Fsp3) is 0.941.